The van der Waals surface area contributed by atoms with E-state index in [4.69, 9.17) is 13.7 Å². The molecule has 0 aliphatic carbocycles. The van der Waals surface area contributed by atoms with Gasteiger partial charge in [-0.15, -0.1) is 0 Å². The molecule has 0 aliphatic heterocycles. The van der Waals surface area contributed by atoms with Crippen LogP contribution in [-0.2, 0) is 10.1 Å². The first-order valence-corrected chi connectivity index (χ1v) is 8.44. The zero-order chi connectivity index (χ0) is 17.2. The van der Waals surface area contributed by atoms with E-state index in [1.54, 1.807) is 25.1 Å². The molecule has 0 saturated carbocycles. The summed E-state index contributed by atoms with van der Waals surface area (Å²) in [5.74, 6) is 1.12. The van der Waals surface area contributed by atoms with Crippen molar-refractivity contribution in [3.05, 3.63) is 47.0 Å². The van der Waals surface area contributed by atoms with Gasteiger partial charge in [0.1, 0.15) is 10.6 Å². The van der Waals surface area contributed by atoms with Gasteiger partial charge in [-0.25, -0.2) is 0 Å². The van der Waals surface area contributed by atoms with Gasteiger partial charge in [0.25, 0.3) is 0 Å². The molecule has 23 heavy (non-hydrogen) atoms. The molecule has 0 fully saturated rings. The van der Waals surface area contributed by atoms with Crippen molar-refractivity contribution >= 4 is 10.1 Å². The maximum absolute atomic E-state index is 12.6. The van der Waals surface area contributed by atoms with Crippen molar-refractivity contribution in [2.24, 2.45) is 0 Å². The summed E-state index contributed by atoms with van der Waals surface area (Å²) in [6.07, 6.45) is 0. The van der Waals surface area contributed by atoms with Crippen molar-refractivity contribution in [3.63, 3.8) is 0 Å². The maximum atomic E-state index is 12.6. The second-order valence-electron chi connectivity index (χ2n) is 5.21. The first-order chi connectivity index (χ1) is 10.8. The molecule has 0 amide bonds. The van der Waals surface area contributed by atoms with Gasteiger partial charge in [-0.05, 0) is 49.6 Å². The van der Waals surface area contributed by atoms with Crippen LogP contribution in [0.25, 0.3) is 0 Å². The smallest absolute Gasteiger partial charge is 0.339 e. The van der Waals surface area contributed by atoms with Crippen molar-refractivity contribution in [2.45, 2.75) is 25.7 Å². The minimum Gasteiger partial charge on any atom is -0.493 e. The molecule has 2 aromatic carbocycles. The third kappa shape index (κ3) is 3.42. The number of aryl methyl sites for hydroxylation is 2. The lowest BCUT2D eigenvalue weighted by atomic mass is 10.1. The lowest BCUT2D eigenvalue weighted by Gasteiger charge is -2.15. The molecule has 0 unspecified atom stereocenters. The van der Waals surface area contributed by atoms with Crippen molar-refractivity contribution in [3.8, 4) is 17.2 Å². The number of hydrogen-bond donors (Lipinski definition) is 0. The molecular weight excluding hydrogens is 316 g/mol. The normalized spacial score (nSPS) is 11.2. The van der Waals surface area contributed by atoms with Gasteiger partial charge in [0.15, 0.2) is 11.5 Å². The summed E-state index contributed by atoms with van der Waals surface area (Å²) in [6, 6.07) is 8.31. The largest absolute Gasteiger partial charge is 0.493 e. The minimum atomic E-state index is -3.98. The minimum absolute atomic E-state index is 0.0519. The van der Waals surface area contributed by atoms with Crippen molar-refractivity contribution in [2.75, 3.05) is 14.2 Å². The highest BCUT2D eigenvalue weighted by atomic mass is 32.2. The molecular formula is C17H20O5S. The summed E-state index contributed by atoms with van der Waals surface area (Å²) < 4.78 is 41.0. The van der Waals surface area contributed by atoms with E-state index < -0.39 is 10.1 Å². The first-order valence-electron chi connectivity index (χ1n) is 7.03. The van der Waals surface area contributed by atoms with Crippen LogP contribution in [0.5, 0.6) is 17.2 Å². The molecule has 0 atom stereocenters. The SMILES string of the molecule is COc1cc(C)c(S(=O)(=O)Oc2cccc(C)c2C)cc1OC. The van der Waals surface area contributed by atoms with Crippen LogP contribution in [0.1, 0.15) is 16.7 Å². The third-order valence-corrected chi connectivity index (χ3v) is 5.08. The van der Waals surface area contributed by atoms with Gasteiger partial charge in [-0.1, -0.05) is 12.1 Å². The number of benzene rings is 2. The summed E-state index contributed by atoms with van der Waals surface area (Å²) >= 11 is 0. The van der Waals surface area contributed by atoms with Gasteiger partial charge in [-0.2, -0.15) is 8.42 Å². The fraction of sp³-hybridized carbons (Fsp3) is 0.294. The molecule has 0 N–H and O–H groups in total. The van der Waals surface area contributed by atoms with E-state index in [2.05, 4.69) is 0 Å². The Hall–Kier alpha value is -2.21. The highest BCUT2D eigenvalue weighted by molar-refractivity contribution is 7.87. The van der Waals surface area contributed by atoms with Crippen molar-refractivity contribution < 1.29 is 22.1 Å². The maximum Gasteiger partial charge on any atom is 0.339 e. The monoisotopic (exact) mass is 336 g/mol. The molecule has 0 radical (unpaired) electrons. The van der Waals surface area contributed by atoms with Crippen LogP contribution in [0.15, 0.2) is 35.2 Å². The summed E-state index contributed by atoms with van der Waals surface area (Å²) in [6.45, 7) is 5.40. The standard InChI is InChI=1S/C17H20O5S/c1-11-7-6-8-14(13(11)3)22-23(18,19)17-10-16(21-5)15(20-4)9-12(17)2/h6-10H,1-5H3. The molecule has 0 heterocycles. The van der Waals surface area contributed by atoms with Crippen molar-refractivity contribution in [1.29, 1.82) is 0 Å². The zero-order valence-corrected chi connectivity index (χ0v) is 14.7. The molecule has 0 aliphatic rings. The van der Waals surface area contributed by atoms with E-state index in [1.807, 2.05) is 19.9 Å². The summed E-state index contributed by atoms with van der Waals surface area (Å²) in [4.78, 5) is 0.0519. The topological polar surface area (TPSA) is 61.8 Å². The van der Waals surface area contributed by atoms with Gasteiger partial charge in [0.05, 0.1) is 14.2 Å². The van der Waals surface area contributed by atoms with Gasteiger partial charge in [0, 0.05) is 6.07 Å². The van der Waals surface area contributed by atoms with E-state index in [-0.39, 0.29) is 4.90 Å². The van der Waals surface area contributed by atoms with Crippen LogP contribution in [0, 0.1) is 20.8 Å². The van der Waals surface area contributed by atoms with Crippen LogP contribution in [0.2, 0.25) is 0 Å². The van der Waals surface area contributed by atoms with Gasteiger partial charge < -0.3 is 13.7 Å². The predicted octanol–water partition coefficient (Wildman–Crippen LogP) is 3.40. The molecule has 124 valence electrons. The molecule has 2 rings (SSSR count). The van der Waals surface area contributed by atoms with Crippen molar-refractivity contribution in [1.82, 2.24) is 0 Å². The zero-order valence-electron chi connectivity index (χ0n) is 13.8. The van der Waals surface area contributed by atoms with E-state index in [0.717, 1.165) is 11.1 Å². The molecule has 6 heteroatoms. The highest BCUT2D eigenvalue weighted by Crippen LogP contribution is 2.34. The van der Waals surface area contributed by atoms with Crippen LogP contribution >= 0.6 is 0 Å². The number of hydrogen-bond acceptors (Lipinski definition) is 5. The van der Waals surface area contributed by atoms with Crippen LogP contribution in [0.3, 0.4) is 0 Å². The van der Waals surface area contributed by atoms with Crippen LogP contribution in [-0.4, -0.2) is 22.6 Å². The average molecular weight is 336 g/mol. The number of rotatable bonds is 5. The Kier molecular flexibility index (Phi) is 4.85. The lowest BCUT2D eigenvalue weighted by Crippen LogP contribution is -2.12. The fourth-order valence-corrected chi connectivity index (χ4v) is 3.42. The molecule has 0 aromatic heterocycles. The van der Waals surface area contributed by atoms with Gasteiger partial charge >= 0.3 is 10.1 Å². The first kappa shape index (κ1) is 17.1. The predicted molar refractivity (Wildman–Crippen MR) is 88.0 cm³/mol. The third-order valence-electron chi connectivity index (χ3n) is 3.70. The Labute approximate surface area is 136 Å². The second kappa shape index (κ2) is 6.50. The Morgan fingerprint density at radius 3 is 2.04 bits per heavy atom. The second-order valence-corrected chi connectivity index (χ2v) is 6.72. The van der Waals surface area contributed by atoms with E-state index >= 15 is 0 Å². The van der Waals surface area contributed by atoms with Gasteiger partial charge in [-0.3, -0.25) is 0 Å². The van der Waals surface area contributed by atoms with Crippen LogP contribution < -0.4 is 13.7 Å². The van der Waals surface area contributed by atoms with Crippen LogP contribution in [0.4, 0.5) is 0 Å². The number of methoxy groups -OCH3 is 2. The van der Waals surface area contributed by atoms with E-state index in [9.17, 15) is 8.42 Å². The Bertz CT molecular complexity index is 825. The summed E-state index contributed by atoms with van der Waals surface area (Å²) in [7, 11) is -1.02. The van der Waals surface area contributed by atoms with E-state index in [1.165, 1.54) is 20.3 Å². The molecule has 2 aromatic rings. The quantitative estimate of drug-likeness (QED) is 0.783. The molecule has 0 bridgehead atoms. The molecule has 5 nitrogen and oxygen atoms in total. The molecule has 0 spiro atoms. The number of ether oxygens (including phenoxy) is 2. The molecule has 0 saturated heterocycles. The lowest BCUT2D eigenvalue weighted by molar-refractivity contribution is 0.353. The van der Waals surface area contributed by atoms with E-state index in [0.29, 0.717) is 22.8 Å². The summed E-state index contributed by atoms with van der Waals surface area (Å²) in [5.41, 5.74) is 2.27. The Morgan fingerprint density at radius 1 is 0.826 bits per heavy atom. The Morgan fingerprint density at radius 2 is 1.43 bits per heavy atom. The average Bonchev–Trinajstić information content (AvgIpc) is 2.51. The summed E-state index contributed by atoms with van der Waals surface area (Å²) in [5, 5.41) is 0. The highest BCUT2D eigenvalue weighted by Gasteiger charge is 2.23. The van der Waals surface area contributed by atoms with Gasteiger partial charge in [0.2, 0.25) is 0 Å². The fourth-order valence-electron chi connectivity index (χ4n) is 2.21. The Balaban J connectivity index is 2.50.